The first-order valence-corrected chi connectivity index (χ1v) is 7.99. The summed E-state index contributed by atoms with van der Waals surface area (Å²) in [4.78, 5) is 28.9. The molecule has 0 aliphatic carbocycles. The van der Waals surface area contributed by atoms with Gasteiger partial charge in [-0.15, -0.1) is 0 Å². The van der Waals surface area contributed by atoms with E-state index in [-0.39, 0.29) is 18.3 Å². The van der Waals surface area contributed by atoms with Gasteiger partial charge in [0.15, 0.2) is 0 Å². The maximum Gasteiger partial charge on any atom is 0.469 e. The Morgan fingerprint density at radius 2 is 2.25 bits per heavy atom. The highest BCUT2D eigenvalue weighted by Crippen LogP contribution is 2.36. The predicted octanol–water partition coefficient (Wildman–Crippen LogP) is 1.54. The minimum absolute atomic E-state index is 0.107. The molecule has 0 aromatic rings. The monoisotopic (exact) mass is 308 g/mol. The molecule has 1 rings (SSSR count). The first kappa shape index (κ1) is 17.3. The van der Waals surface area contributed by atoms with Crippen LogP contribution in [0, 0.1) is 0 Å². The second kappa shape index (κ2) is 7.90. The van der Waals surface area contributed by atoms with Crippen LogP contribution < -0.4 is 0 Å². The molecular weight excluding hydrogens is 287 g/mol. The molecule has 0 saturated carbocycles. The number of rotatable bonds is 8. The number of esters is 1. The van der Waals surface area contributed by atoms with Gasteiger partial charge >= 0.3 is 13.8 Å². The van der Waals surface area contributed by atoms with E-state index < -0.39 is 19.9 Å². The molecule has 2 unspecified atom stereocenters. The minimum atomic E-state index is -4.58. The maximum atomic E-state index is 11.5. The third-order valence-corrected chi connectivity index (χ3v) is 3.37. The quantitative estimate of drug-likeness (QED) is 0.398. The van der Waals surface area contributed by atoms with Crippen molar-refractivity contribution in [2.75, 3.05) is 13.2 Å². The Morgan fingerprint density at radius 1 is 1.55 bits per heavy atom. The number of hydrogen-bond donors (Lipinski definition) is 2. The van der Waals surface area contributed by atoms with Crippen molar-refractivity contribution in [3.05, 3.63) is 12.2 Å². The van der Waals surface area contributed by atoms with E-state index in [2.05, 4.69) is 11.1 Å². The van der Waals surface area contributed by atoms with Gasteiger partial charge in [-0.05, 0) is 32.6 Å². The van der Waals surface area contributed by atoms with E-state index in [9.17, 15) is 9.36 Å². The molecule has 0 bridgehead atoms. The Bertz CT molecular complexity index is 383. The average molecular weight is 308 g/mol. The van der Waals surface area contributed by atoms with E-state index in [4.69, 9.17) is 19.3 Å². The molecule has 1 aliphatic heterocycles. The lowest BCUT2D eigenvalue weighted by Crippen LogP contribution is -2.25. The molecule has 1 heterocycles. The standard InChI is InChI=1S/C12H21O7P/c1-9(2)12(13)19-11(8-18-20(14,15)16)6-5-10-4-3-7-17-10/h10-11H,1,3-8H2,2H3,(H2,14,15,16). The van der Waals surface area contributed by atoms with Gasteiger partial charge in [0.1, 0.15) is 6.10 Å². The van der Waals surface area contributed by atoms with Gasteiger partial charge in [0.05, 0.1) is 12.7 Å². The van der Waals surface area contributed by atoms with E-state index in [0.717, 1.165) is 19.4 Å². The van der Waals surface area contributed by atoms with Crippen LogP contribution in [-0.2, 0) is 23.4 Å². The van der Waals surface area contributed by atoms with E-state index in [1.54, 1.807) is 0 Å². The van der Waals surface area contributed by atoms with Crippen LogP contribution in [0.1, 0.15) is 32.6 Å². The number of carbonyl (C=O) groups excluding carboxylic acids is 1. The van der Waals surface area contributed by atoms with Gasteiger partial charge in [-0.3, -0.25) is 4.52 Å². The third-order valence-electron chi connectivity index (χ3n) is 2.89. The number of hydrogen-bond acceptors (Lipinski definition) is 5. The molecule has 2 atom stereocenters. The number of phosphoric ester groups is 1. The number of carbonyl (C=O) groups is 1. The lowest BCUT2D eigenvalue weighted by atomic mass is 10.1. The zero-order valence-electron chi connectivity index (χ0n) is 11.5. The van der Waals surface area contributed by atoms with Crippen LogP contribution in [0.3, 0.4) is 0 Å². The fraction of sp³-hybridized carbons (Fsp3) is 0.750. The molecule has 20 heavy (non-hydrogen) atoms. The van der Waals surface area contributed by atoms with E-state index in [1.165, 1.54) is 6.92 Å². The third kappa shape index (κ3) is 7.17. The molecule has 0 radical (unpaired) electrons. The fourth-order valence-corrected chi connectivity index (χ4v) is 2.21. The van der Waals surface area contributed by atoms with Crippen molar-refractivity contribution < 1.29 is 33.1 Å². The molecular formula is C12H21O7P. The molecule has 2 N–H and O–H groups in total. The van der Waals surface area contributed by atoms with Crippen LogP contribution >= 0.6 is 7.82 Å². The topological polar surface area (TPSA) is 102 Å². The van der Waals surface area contributed by atoms with Crippen molar-refractivity contribution in [1.82, 2.24) is 0 Å². The van der Waals surface area contributed by atoms with Crippen molar-refractivity contribution in [1.29, 1.82) is 0 Å². The molecule has 7 nitrogen and oxygen atoms in total. The van der Waals surface area contributed by atoms with Gasteiger partial charge in [0.25, 0.3) is 0 Å². The van der Waals surface area contributed by atoms with Crippen molar-refractivity contribution in [2.45, 2.75) is 44.8 Å². The average Bonchev–Trinajstić information content (AvgIpc) is 2.84. The molecule has 0 aromatic heterocycles. The Kier molecular flexibility index (Phi) is 6.85. The fourth-order valence-electron chi connectivity index (χ4n) is 1.85. The number of ether oxygens (including phenoxy) is 2. The molecule has 1 aliphatic rings. The van der Waals surface area contributed by atoms with Gasteiger partial charge in [-0.2, -0.15) is 0 Å². The molecule has 8 heteroatoms. The Morgan fingerprint density at radius 3 is 2.75 bits per heavy atom. The second-order valence-electron chi connectivity index (χ2n) is 4.81. The molecule has 0 spiro atoms. The summed E-state index contributed by atoms with van der Waals surface area (Å²) in [6.45, 7) is 5.34. The summed E-state index contributed by atoms with van der Waals surface area (Å²) in [7, 11) is -4.58. The zero-order valence-corrected chi connectivity index (χ0v) is 12.4. The van der Waals surface area contributed by atoms with Crippen molar-refractivity contribution >= 4 is 13.8 Å². The first-order valence-electron chi connectivity index (χ1n) is 6.46. The van der Waals surface area contributed by atoms with Crippen molar-refractivity contribution in [2.24, 2.45) is 0 Å². The predicted molar refractivity (Wildman–Crippen MR) is 70.9 cm³/mol. The zero-order chi connectivity index (χ0) is 15.2. The lowest BCUT2D eigenvalue weighted by molar-refractivity contribution is -0.146. The van der Waals surface area contributed by atoms with Crippen molar-refractivity contribution in [3.63, 3.8) is 0 Å². The van der Waals surface area contributed by atoms with E-state index in [0.29, 0.717) is 12.8 Å². The summed E-state index contributed by atoms with van der Waals surface area (Å²) >= 11 is 0. The molecule has 116 valence electrons. The highest BCUT2D eigenvalue weighted by molar-refractivity contribution is 7.46. The van der Waals surface area contributed by atoms with Crippen LogP contribution in [0.25, 0.3) is 0 Å². The summed E-state index contributed by atoms with van der Waals surface area (Å²) in [5.74, 6) is -0.600. The van der Waals surface area contributed by atoms with Gasteiger partial charge < -0.3 is 19.3 Å². The highest BCUT2D eigenvalue weighted by atomic mass is 31.2. The first-order chi connectivity index (χ1) is 9.28. The van der Waals surface area contributed by atoms with Crippen LogP contribution in [0.15, 0.2) is 12.2 Å². The van der Waals surface area contributed by atoms with Gasteiger partial charge in [-0.25, -0.2) is 9.36 Å². The lowest BCUT2D eigenvalue weighted by Gasteiger charge is -2.19. The summed E-state index contributed by atoms with van der Waals surface area (Å²) in [5.41, 5.74) is 0.225. The van der Waals surface area contributed by atoms with Gasteiger partial charge in [0, 0.05) is 12.2 Å². The SMILES string of the molecule is C=C(C)C(=O)OC(CCC1CCCO1)COP(=O)(O)O. The normalized spacial score (nSPS) is 20.6. The molecule has 1 fully saturated rings. The van der Waals surface area contributed by atoms with Crippen LogP contribution in [0.4, 0.5) is 0 Å². The van der Waals surface area contributed by atoms with Gasteiger partial charge in [0.2, 0.25) is 0 Å². The number of phosphoric acid groups is 1. The molecule has 0 aromatic carbocycles. The smallest absolute Gasteiger partial charge is 0.457 e. The van der Waals surface area contributed by atoms with E-state index >= 15 is 0 Å². The summed E-state index contributed by atoms with van der Waals surface area (Å²) in [6.07, 6.45) is 2.40. The Labute approximate surface area is 118 Å². The molecule has 0 amide bonds. The minimum Gasteiger partial charge on any atom is -0.457 e. The maximum absolute atomic E-state index is 11.5. The van der Waals surface area contributed by atoms with Crippen LogP contribution in [0.2, 0.25) is 0 Å². The van der Waals surface area contributed by atoms with Crippen LogP contribution in [0.5, 0.6) is 0 Å². The Hall–Kier alpha value is -0.720. The van der Waals surface area contributed by atoms with Crippen LogP contribution in [-0.4, -0.2) is 41.2 Å². The largest absolute Gasteiger partial charge is 0.469 e. The summed E-state index contributed by atoms with van der Waals surface area (Å²) < 4.78 is 25.7. The second-order valence-corrected chi connectivity index (χ2v) is 6.05. The van der Waals surface area contributed by atoms with Gasteiger partial charge in [-0.1, -0.05) is 6.58 Å². The summed E-state index contributed by atoms with van der Waals surface area (Å²) in [6, 6.07) is 0. The Balaban J connectivity index is 2.46. The highest BCUT2D eigenvalue weighted by Gasteiger charge is 2.24. The molecule has 1 saturated heterocycles. The summed E-state index contributed by atoms with van der Waals surface area (Å²) in [5, 5.41) is 0. The van der Waals surface area contributed by atoms with E-state index in [1.807, 2.05) is 0 Å². The van der Waals surface area contributed by atoms with Crippen molar-refractivity contribution in [3.8, 4) is 0 Å².